The summed E-state index contributed by atoms with van der Waals surface area (Å²) in [6.45, 7) is 0. The fourth-order valence-electron chi connectivity index (χ4n) is 8.09. The zero-order valence-corrected chi connectivity index (χ0v) is 37.1. The molecule has 0 amide bonds. The van der Waals surface area contributed by atoms with Gasteiger partial charge in [-0.15, -0.1) is 0 Å². The average molecular weight is 982 g/mol. The second kappa shape index (κ2) is 16.9. The van der Waals surface area contributed by atoms with E-state index in [1.807, 2.05) is 54.7 Å². The van der Waals surface area contributed by atoms with E-state index in [4.69, 9.17) is 0 Å². The van der Waals surface area contributed by atoms with Gasteiger partial charge in [-0.3, -0.25) is 14.9 Å². The Balaban J connectivity index is 0.000000121. The first-order chi connectivity index (χ1) is 30.0. The third-order valence-electron chi connectivity index (χ3n) is 10.8. The number of aromatic nitrogens is 4. The smallest absolute Gasteiger partial charge is 0.156 e. The topological polar surface area (TPSA) is 66.8 Å². The first-order valence-corrected chi connectivity index (χ1v) is 22.0. The number of anilines is 5. The van der Waals surface area contributed by atoms with Crippen LogP contribution in [0.3, 0.4) is 0 Å². The summed E-state index contributed by atoms with van der Waals surface area (Å²) < 4.78 is 3.43. The van der Waals surface area contributed by atoms with E-state index in [9.17, 15) is 0 Å². The molecule has 6 nitrogen and oxygen atoms in total. The molecule has 0 bridgehead atoms. The quantitative estimate of drug-likeness (QED) is 0.173. The lowest BCUT2D eigenvalue weighted by Gasteiger charge is -2.26. The SMILES string of the molecule is Brc1ccc2ccc3c(Br)ccc4ccc1c2c43.Brc1ccc2ccc3c(N(c4ccccc4)c4cnccn4)ccc4ccc1c2c43.c1ccc(Nc2cnccn2)cc1. The van der Waals surface area contributed by atoms with Crippen molar-refractivity contribution < 1.29 is 0 Å². The van der Waals surface area contributed by atoms with Crippen LogP contribution in [0.5, 0.6) is 0 Å². The van der Waals surface area contributed by atoms with Crippen LogP contribution in [-0.2, 0) is 0 Å². The van der Waals surface area contributed by atoms with Crippen molar-refractivity contribution in [3.05, 3.63) is 208 Å². The molecule has 9 heteroatoms. The fraction of sp³-hybridized carbons (Fsp3) is 0. The molecule has 61 heavy (non-hydrogen) atoms. The first kappa shape index (κ1) is 38.7. The highest BCUT2D eigenvalue weighted by molar-refractivity contribution is 9.11. The molecule has 12 aromatic rings. The van der Waals surface area contributed by atoms with Crippen molar-refractivity contribution in [2.45, 2.75) is 0 Å². The summed E-state index contributed by atoms with van der Waals surface area (Å²) in [4.78, 5) is 19.2. The number of hydrogen-bond donors (Lipinski definition) is 1. The predicted octanol–water partition coefficient (Wildman–Crippen LogP) is 15.9. The summed E-state index contributed by atoms with van der Waals surface area (Å²) in [5.41, 5.74) is 3.15. The second-order valence-corrected chi connectivity index (χ2v) is 17.0. The molecule has 0 fully saturated rings. The van der Waals surface area contributed by atoms with Crippen molar-refractivity contribution in [2.75, 3.05) is 10.2 Å². The molecule has 0 unspecified atom stereocenters. The van der Waals surface area contributed by atoms with Crippen LogP contribution in [0, 0.1) is 0 Å². The summed E-state index contributed by atoms with van der Waals surface area (Å²) >= 11 is 11.0. The van der Waals surface area contributed by atoms with E-state index in [1.165, 1.54) is 64.6 Å². The molecule has 0 saturated heterocycles. The maximum Gasteiger partial charge on any atom is 0.156 e. The minimum Gasteiger partial charge on any atom is -0.339 e. The zero-order chi connectivity index (χ0) is 41.3. The summed E-state index contributed by atoms with van der Waals surface area (Å²) in [7, 11) is 0. The lowest BCUT2D eigenvalue weighted by atomic mass is 9.93. The number of hydrogen-bond acceptors (Lipinski definition) is 6. The summed E-state index contributed by atoms with van der Waals surface area (Å²) in [5, 5.41) is 18.4. The lowest BCUT2D eigenvalue weighted by Crippen LogP contribution is -2.12. The summed E-state index contributed by atoms with van der Waals surface area (Å²) in [5.74, 6) is 1.55. The van der Waals surface area contributed by atoms with Gasteiger partial charge in [0.1, 0.15) is 5.82 Å². The van der Waals surface area contributed by atoms with Gasteiger partial charge >= 0.3 is 0 Å². The van der Waals surface area contributed by atoms with Crippen molar-refractivity contribution >= 4 is 141 Å². The maximum atomic E-state index is 4.61. The Bertz CT molecular complexity index is 3280. The van der Waals surface area contributed by atoms with Crippen molar-refractivity contribution in [1.82, 2.24) is 19.9 Å². The molecule has 292 valence electrons. The van der Waals surface area contributed by atoms with E-state index in [0.29, 0.717) is 0 Å². The zero-order valence-electron chi connectivity index (χ0n) is 32.3. The van der Waals surface area contributed by atoms with E-state index in [-0.39, 0.29) is 0 Å². The van der Waals surface area contributed by atoms with Gasteiger partial charge in [0.25, 0.3) is 0 Å². The van der Waals surface area contributed by atoms with Gasteiger partial charge in [0.2, 0.25) is 0 Å². The Kier molecular flexibility index (Phi) is 10.7. The van der Waals surface area contributed by atoms with Crippen LogP contribution < -0.4 is 10.2 Å². The molecule has 0 spiro atoms. The van der Waals surface area contributed by atoms with Gasteiger partial charge < -0.3 is 5.32 Å². The first-order valence-electron chi connectivity index (χ1n) is 19.6. The van der Waals surface area contributed by atoms with E-state index in [1.54, 1.807) is 31.0 Å². The Morgan fingerprint density at radius 1 is 0.393 bits per heavy atom. The maximum absolute atomic E-state index is 4.61. The highest BCUT2D eigenvalue weighted by Gasteiger charge is 2.19. The van der Waals surface area contributed by atoms with Gasteiger partial charge in [-0.2, -0.15) is 0 Å². The Labute approximate surface area is 377 Å². The van der Waals surface area contributed by atoms with Gasteiger partial charge in [-0.1, -0.05) is 157 Å². The van der Waals surface area contributed by atoms with Crippen molar-refractivity contribution in [1.29, 1.82) is 0 Å². The minimum absolute atomic E-state index is 0.758. The normalized spacial score (nSPS) is 11.2. The molecular weight excluding hydrogens is 948 g/mol. The number of para-hydroxylation sites is 2. The van der Waals surface area contributed by atoms with Crippen molar-refractivity contribution in [3.8, 4) is 0 Å². The van der Waals surface area contributed by atoms with Gasteiger partial charge in [-0.05, 0) is 108 Å². The number of nitrogens with one attached hydrogen (secondary N) is 1. The van der Waals surface area contributed by atoms with Crippen LogP contribution in [0.1, 0.15) is 0 Å². The van der Waals surface area contributed by atoms with Crippen molar-refractivity contribution in [3.63, 3.8) is 0 Å². The average Bonchev–Trinajstić information content (AvgIpc) is 3.31. The number of benzene rings is 10. The largest absolute Gasteiger partial charge is 0.339 e. The van der Waals surface area contributed by atoms with Gasteiger partial charge in [0.05, 0.1) is 18.1 Å². The highest BCUT2D eigenvalue weighted by atomic mass is 79.9. The molecule has 12 rings (SSSR count). The van der Waals surface area contributed by atoms with Crippen LogP contribution in [0.4, 0.5) is 28.7 Å². The van der Waals surface area contributed by atoms with Crippen molar-refractivity contribution in [2.24, 2.45) is 0 Å². The van der Waals surface area contributed by atoms with Gasteiger partial charge in [0.15, 0.2) is 5.82 Å². The van der Waals surface area contributed by atoms with Crippen LogP contribution in [0.2, 0.25) is 0 Å². The molecular formula is C52H33Br3N6. The number of halogens is 3. The Morgan fingerprint density at radius 2 is 0.836 bits per heavy atom. The molecule has 10 aromatic carbocycles. The van der Waals surface area contributed by atoms with Crippen LogP contribution in [0.25, 0.3) is 64.6 Å². The molecule has 2 aromatic heterocycles. The van der Waals surface area contributed by atoms with Crippen LogP contribution >= 0.6 is 47.8 Å². The third-order valence-corrected chi connectivity index (χ3v) is 12.9. The number of nitrogens with zero attached hydrogens (tertiary/aromatic N) is 5. The molecule has 0 aliphatic rings. The molecule has 0 aliphatic heterocycles. The van der Waals surface area contributed by atoms with E-state index < -0.39 is 0 Å². The molecule has 1 N–H and O–H groups in total. The van der Waals surface area contributed by atoms with E-state index >= 15 is 0 Å². The lowest BCUT2D eigenvalue weighted by molar-refractivity contribution is 1.13. The number of rotatable bonds is 5. The molecule has 0 radical (unpaired) electrons. The van der Waals surface area contributed by atoms with Crippen LogP contribution in [0.15, 0.2) is 208 Å². The molecule has 0 saturated carbocycles. The standard InChI is InChI=1S/C26H16BrN3.C16H8Br2.C10H9N3/c27-22-12-8-17-7-11-21-23(13-9-18-6-10-20(22)25(17)26(18)21)30(19-4-2-1-3-5-19)24-16-28-14-15-29-24;17-13-8-4-10-2-6-12-14(18)7-3-9-1-5-11(13)16(10)15(9)12;1-2-4-9(5-3-1)13-10-8-11-6-7-12-10/h1-16H;1-8H;1-8H,(H,12,13). The van der Waals surface area contributed by atoms with Gasteiger partial charge in [0, 0.05) is 55.0 Å². The van der Waals surface area contributed by atoms with E-state index in [2.05, 4.69) is 187 Å². The van der Waals surface area contributed by atoms with E-state index in [0.717, 1.165) is 42.1 Å². The highest BCUT2D eigenvalue weighted by Crippen LogP contribution is 2.44. The van der Waals surface area contributed by atoms with Crippen LogP contribution in [-0.4, -0.2) is 19.9 Å². The fourth-order valence-corrected chi connectivity index (χ4v) is 9.47. The van der Waals surface area contributed by atoms with Gasteiger partial charge in [-0.25, -0.2) is 9.97 Å². The minimum atomic E-state index is 0.758. The third kappa shape index (κ3) is 7.50. The molecule has 0 atom stereocenters. The molecule has 0 aliphatic carbocycles. The Hall–Kier alpha value is -6.52. The molecule has 2 heterocycles. The summed E-state index contributed by atoms with van der Waals surface area (Å²) in [6, 6.07) is 55.1. The second-order valence-electron chi connectivity index (χ2n) is 14.4. The Morgan fingerprint density at radius 3 is 1.33 bits per heavy atom. The predicted molar refractivity (Wildman–Crippen MR) is 265 cm³/mol. The monoisotopic (exact) mass is 978 g/mol. The summed E-state index contributed by atoms with van der Waals surface area (Å²) in [6.07, 6.45) is 10.2.